The van der Waals surface area contributed by atoms with Crippen molar-refractivity contribution >= 4 is 46.5 Å². The van der Waals surface area contributed by atoms with Crippen molar-refractivity contribution < 1.29 is 23.1 Å². The molecule has 31 heavy (non-hydrogen) atoms. The van der Waals surface area contributed by atoms with Crippen LogP contribution in [0.1, 0.15) is 6.92 Å². The fourth-order valence-electron chi connectivity index (χ4n) is 3.50. The van der Waals surface area contributed by atoms with Crippen molar-refractivity contribution in [1.82, 2.24) is 5.48 Å². The van der Waals surface area contributed by atoms with Gasteiger partial charge in [0.15, 0.2) is 12.5 Å². The van der Waals surface area contributed by atoms with E-state index in [0.717, 1.165) is 22.7 Å². The van der Waals surface area contributed by atoms with Gasteiger partial charge in [-0.25, -0.2) is 15.3 Å². The Balaban J connectivity index is 1.52. The van der Waals surface area contributed by atoms with Gasteiger partial charge in [0.05, 0.1) is 21.4 Å². The van der Waals surface area contributed by atoms with Crippen molar-refractivity contribution in [3.8, 4) is 11.5 Å². The number of anilines is 3. The molecule has 12 heteroatoms. The zero-order chi connectivity index (χ0) is 21.8. The molecule has 2 aromatic rings. The van der Waals surface area contributed by atoms with Crippen LogP contribution >= 0.6 is 23.2 Å². The Hall–Kier alpha value is -2.95. The summed E-state index contributed by atoms with van der Waals surface area (Å²) in [7, 11) is 0. The molecule has 3 aliphatic heterocycles. The number of aliphatic imine (C=N–C) groups is 1. The van der Waals surface area contributed by atoms with Gasteiger partial charge in [-0.05, 0) is 37.3 Å². The number of nitrogens with zero attached hydrogens (tertiary/aromatic N) is 2. The lowest BCUT2D eigenvalue weighted by Gasteiger charge is -2.36. The van der Waals surface area contributed by atoms with Gasteiger partial charge in [0.1, 0.15) is 11.6 Å². The van der Waals surface area contributed by atoms with Crippen LogP contribution in [0.25, 0.3) is 0 Å². The van der Waals surface area contributed by atoms with Gasteiger partial charge in [-0.1, -0.05) is 23.2 Å². The minimum absolute atomic E-state index is 0.0881. The van der Waals surface area contributed by atoms with Gasteiger partial charge >= 0.3 is 12.6 Å². The summed E-state index contributed by atoms with van der Waals surface area (Å²) in [5.74, 6) is -0.306. The third-order valence-electron chi connectivity index (χ3n) is 4.85. The summed E-state index contributed by atoms with van der Waals surface area (Å²) in [4.78, 5) is 12.2. The third-order valence-corrected chi connectivity index (χ3v) is 5.41. The maximum Gasteiger partial charge on any atom is 0.387 e. The highest BCUT2D eigenvalue weighted by Crippen LogP contribution is 2.43. The standard InChI is InChI=1S/C19H15Cl2F2N5O3/c1-9-7-25-19(26-10-4-12(20)16(13(21)5-10)30-18(22)23)28(17(9)27-31-19)11-2-3-15-14(6-11)24-8-29-15/h2-7,18,24,26-27H,8H2,1H3. The normalized spacial score (nSPS) is 21.0. The summed E-state index contributed by atoms with van der Waals surface area (Å²) in [5, 5.41) is 6.10. The van der Waals surface area contributed by atoms with E-state index in [-0.39, 0.29) is 15.8 Å². The number of nitrogens with one attached hydrogen (secondary N) is 3. The van der Waals surface area contributed by atoms with Crippen molar-refractivity contribution in [2.75, 3.05) is 22.3 Å². The van der Waals surface area contributed by atoms with Gasteiger partial charge in [0, 0.05) is 17.5 Å². The average molecular weight is 470 g/mol. The Morgan fingerprint density at radius 1 is 1.26 bits per heavy atom. The van der Waals surface area contributed by atoms with E-state index >= 15 is 0 Å². The van der Waals surface area contributed by atoms with Gasteiger partial charge in [-0.15, -0.1) is 0 Å². The maximum atomic E-state index is 12.6. The summed E-state index contributed by atoms with van der Waals surface area (Å²) in [5.41, 5.74) is 5.70. The van der Waals surface area contributed by atoms with Gasteiger partial charge in [0.2, 0.25) is 0 Å². The van der Waals surface area contributed by atoms with Crippen molar-refractivity contribution in [3.05, 3.63) is 51.8 Å². The van der Waals surface area contributed by atoms with Crippen molar-refractivity contribution in [2.24, 2.45) is 4.99 Å². The number of rotatable bonds is 5. The first-order valence-corrected chi connectivity index (χ1v) is 9.85. The number of allylic oxidation sites excluding steroid dienone is 1. The summed E-state index contributed by atoms with van der Waals surface area (Å²) in [6, 6.07) is 8.42. The van der Waals surface area contributed by atoms with Crippen molar-refractivity contribution in [1.29, 1.82) is 0 Å². The molecule has 0 aromatic heterocycles. The van der Waals surface area contributed by atoms with Gasteiger partial charge < -0.3 is 20.1 Å². The molecule has 2 aromatic carbocycles. The monoisotopic (exact) mass is 469 g/mol. The second kappa shape index (κ2) is 7.33. The van der Waals surface area contributed by atoms with E-state index in [1.54, 1.807) is 6.21 Å². The lowest BCUT2D eigenvalue weighted by molar-refractivity contribution is -0.0497. The SMILES string of the molecule is CC1=C2NOC(Nc3cc(Cl)c(OC(F)F)c(Cl)c3)(N=C1)N2c1ccc2c(c1)NCO2. The van der Waals surface area contributed by atoms with Crippen LogP contribution in [0.5, 0.6) is 11.5 Å². The molecule has 1 atom stereocenters. The molecule has 0 amide bonds. The van der Waals surface area contributed by atoms with E-state index in [1.165, 1.54) is 12.1 Å². The topological polar surface area (TPSA) is 79.4 Å². The zero-order valence-electron chi connectivity index (χ0n) is 15.9. The van der Waals surface area contributed by atoms with E-state index in [2.05, 4.69) is 25.8 Å². The molecule has 1 unspecified atom stereocenters. The minimum Gasteiger partial charge on any atom is -0.471 e. The molecule has 0 radical (unpaired) electrons. The predicted octanol–water partition coefficient (Wildman–Crippen LogP) is 4.74. The Bertz CT molecular complexity index is 1110. The molecule has 0 spiro atoms. The first-order valence-electron chi connectivity index (χ1n) is 9.09. The molecule has 162 valence electrons. The number of halogens is 4. The van der Waals surface area contributed by atoms with Crippen molar-refractivity contribution in [2.45, 2.75) is 19.5 Å². The van der Waals surface area contributed by atoms with Crippen LogP contribution in [-0.4, -0.2) is 25.5 Å². The smallest absolute Gasteiger partial charge is 0.387 e. The molecule has 2 bridgehead atoms. The molecule has 3 heterocycles. The van der Waals surface area contributed by atoms with Gasteiger partial charge in [-0.2, -0.15) is 8.78 Å². The predicted molar refractivity (Wildman–Crippen MR) is 113 cm³/mol. The molecule has 3 N–H and O–H groups in total. The highest BCUT2D eigenvalue weighted by molar-refractivity contribution is 6.37. The number of benzene rings is 2. The molecule has 3 aliphatic rings. The minimum atomic E-state index is -3.05. The largest absolute Gasteiger partial charge is 0.471 e. The highest BCUT2D eigenvalue weighted by atomic mass is 35.5. The molecule has 1 saturated heterocycles. The molecular formula is C19H15Cl2F2N5O3. The fraction of sp³-hybridized carbons (Fsp3) is 0.211. The molecule has 8 nitrogen and oxygen atoms in total. The molecule has 5 rings (SSSR count). The number of hydrogen-bond donors (Lipinski definition) is 3. The Morgan fingerprint density at radius 2 is 2.03 bits per heavy atom. The Kier molecular flexibility index (Phi) is 4.72. The fourth-order valence-corrected chi connectivity index (χ4v) is 4.08. The van der Waals surface area contributed by atoms with E-state index in [9.17, 15) is 8.78 Å². The number of hydroxylamine groups is 1. The van der Waals surface area contributed by atoms with Gasteiger partial charge in [-0.3, -0.25) is 4.90 Å². The van der Waals surface area contributed by atoms with Crippen LogP contribution in [-0.2, 0) is 4.84 Å². The number of fused-ring (bicyclic) bond motifs is 3. The van der Waals surface area contributed by atoms with Gasteiger partial charge in [0.25, 0.3) is 0 Å². The average Bonchev–Trinajstić information content (AvgIpc) is 3.29. The van der Waals surface area contributed by atoms with Crippen LogP contribution in [0.15, 0.2) is 46.7 Å². The second-order valence-corrected chi connectivity index (χ2v) is 7.67. The van der Waals surface area contributed by atoms with E-state index in [4.69, 9.17) is 32.8 Å². The quantitative estimate of drug-likeness (QED) is 0.583. The number of hydrogen-bond acceptors (Lipinski definition) is 8. The first kappa shape index (κ1) is 20.0. The summed E-state index contributed by atoms with van der Waals surface area (Å²) < 4.78 is 35.1. The Labute approximate surface area is 185 Å². The summed E-state index contributed by atoms with van der Waals surface area (Å²) in [6.07, 6.45) is 1.66. The van der Waals surface area contributed by atoms with E-state index in [1.807, 2.05) is 30.0 Å². The Morgan fingerprint density at radius 3 is 2.77 bits per heavy atom. The summed E-state index contributed by atoms with van der Waals surface area (Å²) >= 11 is 12.2. The van der Waals surface area contributed by atoms with Crippen molar-refractivity contribution in [3.63, 3.8) is 0 Å². The maximum absolute atomic E-state index is 12.6. The number of alkyl halides is 2. The van der Waals surface area contributed by atoms with Crippen LogP contribution in [0, 0.1) is 0 Å². The second-order valence-electron chi connectivity index (χ2n) is 6.86. The zero-order valence-corrected chi connectivity index (χ0v) is 17.4. The first-order chi connectivity index (χ1) is 14.9. The summed E-state index contributed by atoms with van der Waals surface area (Å²) in [6.45, 7) is -0.779. The molecule has 0 saturated carbocycles. The van der Waals surface area contributed by atoms with E-state index in [0.29, 0.717) is 18.2 Å². The van der Waals surface area contributed by atoms with Crippen LogP contribution in [0.4, 0.5) is 25.8 Å². The van der Waals surface area contributed by atoms with Crippen LogP contribution in [0.2, 0.25) is 10.0 Å². The van der Waals surface area contributed by atoms with E-state index < -0.39 is 12.6 Å². The number of ether oxygens (including phenoxy) is 2. The lowest BCUT2D eigenvalue weighted by Crippen LogP contribution is -2.51. The molecule has 1 fully saturated rings. The molecule has 0 aliphatic carbocycles. The highest BCUT2D eigenvalue weighted by Gasteiger charge is 2.49. The van der Waals surface area contributed by atoms with Crippen LogP contribution < -0.4 is 30.5 Å². The van der Waals surface area contributed by atoms with Crippen LogP contribution in [0.3, 0.4) is 0 Å². The lowest BCUT2D eigenvalue weighted by atomic mass is 10.2. The molecular weight excluding hydrogens is 455 g/mol. The third kappa shape index (κ3) is 3.36.